The smallest absolute Gasteiger partial charge is 0.302 e. The zero-order valence-electron chi connectivity index (χ0n) is 14.0. The van der Waals surface area contributed by atoms with Crippen molar-refractivity contribution in [3.05, 3.63) is 64.2 Å². The maximum atomic E-state index is 11.1. The van der Waals surface area contributed by atoms with Gasteiger partial charge in [0.15, 0.2) is 0 Å². The quantitative estimate of drug-likeness (QED) is 0.513. The van der Waals surface area contributed by atoms with Gasteiger partial charge in [0, 0.05) is 12.5 Å². The molecule has 120 valence electrons. The fourth-order valence-electron chi connectivity index (χ4n) is 2.52. The highest BCUT2D eigenvalue weighted by Crippen LogP contribution is 2.22. The van der Waals surface area contributed by atoms with E-state index in [2.05, 4.69) is 23.5 Å². The molecule has 1 N–H and O–H groups in total. The van der Waals surface area contributed by atoms with Crippen LogP contribution in [0.1, 0.15) is 34.7 Å². The maximum Gasteiger partial charge on any atom is 0.302 e. The van der Waals surface area contributed by atoms with Gasteiger partial charge < -0.3 is 4.74 Å². The minimum absolute atomic E-state index is 0.273. The van der Waals surface area contributed by atoms with Crippen LogP contribution in [0.25, 0.3) is 0 Å². The number of carbonyl (C=O) groups is 1. The average molecular weight is 310 g/mol. The second-order valence-electron chi connectivity index (χ2n) is 5.54. The predicted octanol–water partition coefficient (Wildman–Crippen LogP) is 4.12. The number of carbonyl (C=O) groups excluding carboxylic acids is 1. The van der Waals surface area contributed by atoms with Crippen molar-refractivity contribution in [3.8, 4) is 0 Å². The maximum absolute atomic E-state index is 11.1. The Balaban J connectivity index is 2.23. The number of esters is 1. The summed E-state index contributed by atoms with van der Waals surface area (Å²) in [7, 11) is 0. The van der Waals surface area contributed by atoms with E-state index in [9.17, 15) is 4.79 Å². The second kappa shape index (κ2) is 7.58. The van der Waals surface area contributed by atoms with Crippen LogP contribution < -0.4 is 5.43 Å². The number of rotatable bonds is 5. The summed E-state index contributed by atoms with van der Waals surface area (Å²) in [5.74, 6) is -0.273. The molecule has 0 spiro atoms. The summed E-state index contributed by atoms with van der Waals surface area (Å²) in [6.07, 6.45) is 1.81. The Kier molecular flexibility index (Phi) is 5.52. The van der Waals surface area contributed by atoms with Crippen molar-refractivity contribution in [2.75, 3.05) is 5.43 Å². The summed E-state index contributed by atoms with van der Waals surface area (Å²) < 4.78 is 5.16. The average Bonchev–Trinajstić information content (AvgIpc) is 2.51. The number of hydrogen-bond donors (Lipinski definition) is 1. The van der Waals surface area contributed by atoms with Gasteiger partial charge in [0.2, 0.25) is 0 Å². The van der Waals surface area contributed by atoms with Crippen molar-refractivity contribution in [2.24, 2.45) is 5.10 Å². The van der Waals surface area contributed by atoms with Crippen molar-refractivity contribution in [2.45, 2.75) is 34.3 Å². The fourth-order valence-corrected chi connectivity index (χ4v) is 2.52. The van der Waals surface area contributed by atoms with Crippen molar-refractivity contribution in [3.63, 3.8) is 0 Å². The normalized spacial score (nSPS) is 10.8. The van der Waals surface area contributed by atoms with Gasteiger partial charge in [-0.05, 0) is 55.2 Å². The Morgan fingerprint density at radius 2 is 1.87 bits per heavy atom. The molecular formula is C19H22N2O2. The van der Waals surface area contributed by atoms with Gasteiger partial charge in [0.25, 0.3) is 0 Å². The molecule has 0 heterocycles. The third kappa shape index (κ3) is 4.42. The number of benzene rings is 2. The molecule has 4 nitrogen and oxygen atoms in total. The van der Waals surface area contributed by atoms with Crippen LogP contribution in [0.2, 0.25) is 0 Å². The Labute approximate surface area is 137 Å². The van der Waals surface area contributed by atoms with Crippen LogP contribution in [-0.2, 0) is 16.1 Å². The zero-order chi connectivity index (χ0) is 16.8. The Hall–Kier alpha value is -2.62. The Morgan fingerprint density at radius 1 is 1.17 bits per heavy atom. The summed E-state index contributed by atoms with van der Waals surface area (Å²) >= 11 is 0. The van der Waals surface area contributed by atoms with Crippen molar-refractivity contribution in [1.82, 2.24) is 0 Å². The highest BCUT2D eigenvalue weighted by molar-refractivity contribution is 5.85. The van der Waals surface area contributed by atoms with Gasteiger partial charge >= 0.3 is 5.97 Å². The molecule has 0 saturated carbocycles. The summed E-state index contributed by atoms with van der Waals surface area (Å²) in [4.78, 5) is 11.1. The second-order valence-corrected chi connectivity index (χ2v) is 5.54. The minimum Gasteiger partial charge on any atom is -0.461 e. The van der Waals surface area contributed by atoms with E-state index in [-0.39, 0.29) is 5.97 Å². The van der Waals surface area contributed by atoms with Gasteiger partial charge in [-0.3, -0.25) is 10.2 Å². The third-order valence-electron chi connectivity index (χ3n) is 3.77. The molecule has 0 radical (unpaired) electrons. The molecule has 2 rings (SSSR count). The van der Waals surface area contributed by atoms with E-state index in [0.717, 1.165) is 33.5 Å². The van der Waals surface area contributed by atoms with Crippen LogP contribution >= 0.6 is 0 Å². The first kappa shape index (κ1) is 16.7. The molecule has 0 aromatic heterocycles. The molecule has 0 fully saturated rings. The lowest BCUT2D eigenvalue weighted by atomic mass is 9.94. The molecule has 2 aromatic carbocycles. The number of aryl methyl sites for hydroxylation is 2. The van der Waals surface area contributed by atoms with Gasteiger partial charge in [-0.1, -0.05) is 24.3 Å². The number of para-hydroxylation sites is 1. The van der Waals surface area contributed by atoms with Crippen molar-refractivity contribution in [1.29, 1.82) is 0 Å². The zero-order valence-corrected chi connectivity index (χ0v) is 14.0. The molecule has 2 aromatic rings. The SMILES string of the molecule is CC(=O)OCc1c(C)cc(C)c(C=NNc2ccccc2)c1C. The fraction of sp³-hybridized carbons (Fsp3) is 0.263. The van der Waals surface area contributed by atoms with Crippen LogP contribution in [0, 0.1) is 20.8 Å². The lowest BCUT2D eigenvalue weighted by molar-refractivity contribution is -0.142. The van der Waals surface area contributed by atoms with E-state index >= 15 is 0 Å². The molecule has 0 unspecified atom stereocenters. The van der Waals surface area contributed by atoms with Crippen LogP contribution in [0.3, 0.4) is 0 Å². The number of nitrogens with one attached hydrogen (secondary N) is 1. The topological polar surface area (TPSA) is 50.7 Å². The van der Waals surface area contributed by atoms with Crippen LogP contribution in [0.15, 0.2) is 41.5 Å². The highest BCUT2D eigenvalue weighted by Gasteiger charge is 2.11. The molecule has 0 saturated heterocycles. The lowest BCUT2D eigenvalue weighted by Crippen LogP contribution is -2.06. The van der Waals surface area contributed by atoms with E-state index in [1.165, 1.54) is 6.92 Å². The van der Waals surface area contributed by atoms with Crippen molar-refractivity contribution >= 4 is 17.9 Å². The molecule has 0 aliphatic rings. The number of hydrazone groups is 1. The Morgan fingerprint density at radius 3 is 2.52 bits per heavy atom. The first-order chi connectivity index (χ1) is 11.0. The molecular weight excluding hydrogens is 288 g/mol. The van der Waals surface area contributed by atoms with Crippen molar-refractivity contribution < 1.29 is 9.53 Å². The standard InChI is InChI=1S/C19H22N2O2/c1-13-10-14(2)19(12-23-16(4)22)15(3)18(13)11-20-21-17-8-6-5-7-9-17/h5-11,21H,12H2,1-4H3. The van der Waals surface area contributed by atoms with Crippen LogP contribution in [0.4, 0.5) is 5.69 Å². The van der Waals surface area contributed by atoms with Gasteiger partial charge in [-0.2, -0.15) is 5.10 Å². The summed E-state index contributed by atoms with van der Waals surface area (Å²) in [5.41, 5.74) is 9.38. The van der Waals surface area contributed by atoms with Gasteiger partial charge in [-0.25, -0.2) is 0 Å². The first-order valence-corrected chi connectivity index (χ1v) is 7.56. The molecule has 4 heteroatoms. The summed E-state index contributed by atoms with van der Waals surface area (Å²) in [6.45, 7) is 7.83. The largest absolute Gasteiger partial charge is 0.461 e. The van der Waals surface area contributed by atoms with E-state index in [1.54, 1.807) is 0 Å². The molecule has 23 heavy (non-hydrogen) atoms. The van der Waals surface area contributed by atoms with E-state index in [4.69, 9.17) is 4.74 Å². The predicted molar refractivity (Wildman–Crippen MR) is 93.8 cm³/mol. The number of hydrogen-bond acceptors (Lipinski definition) is 4. The first-order valence-electron chi connectivity index (χ1n) is 7.56. The van der Waals surface area contributed by atoms with E-state index < -0.39 is 0 Å². The number of ether oxygens (including phenoxy) is 1. The third-order valence-corrected chi connectivity index (χ3v) is 3.77. The van der Waals surface area contributed by atoms with E-state index in [0.29, 0.717) is 6.61 Å². The van der Waals surface area contributed by atoms with Gasteiger partial charge in [0.05, 0.1) is 11.9 Å². The van der Waals surface area contributed by atoms with Crippen LogP contribution in [0.5, 0.6) is 0 Å². The lowest BCUT2D eigenvalue weighted by Gasteiger charge is -2.15. The number of anilines is 1. The highest BCUT2D eigenvalue weighted by atomic mass is 16.5. The summed E-state index contributed by atoms with van der Waals surface area (Å²) in [6, 6.07) is 11.9. The Bertz CT molecular complexity index is 722. The minimum atomic E-state index is -0.273. The van der Waals surface area contributed by atoms with Crippen LogP contribution in [-0.4, -0.2) is 12.2 Å². The molecule has 0 aliphatic heterocycles. The van der Waals surface area contributed by atoms with Gasteiger partial charge in [0.1, 0.15) is 6.61 Å². The summed E-state index contributed by atoms with van der Waals surface area (Å²) in [5, 5.41) is 4.32. The van der Waals surface area contributed by atoms with E-state index in [1.807, 2.05) is 50.4 Å². The monoisotopic (exact) mass is 310 g/mol. The number of nitrogens with zero attached hydrogens (tertiary/aromatic N) is 1. The van der Waals surface area contributed by atoms with Gasteiger partial charge in [-0.15, -0.1) is 0 Å². The molecule has 0 aliphatic carbocycles. The molecule has 0 amide bonds. The molecule has 0 atom stereocenters. The molecule has 0 bridgehead atoms.